The van der Waals surface area contributed by atoms with Crippen LogP contribution in [0.15, 0.2) is 6.20 Å². The monoisotopic (exact) mass is 128 g/mol. The maximum absolute atomic E-state index is 5.29. The molecule has 0 spiro atoms. The van der Waals surface area contributed by atoms with E-state index < -0.39 is 0 Å². The van der Waals surface area contributed by atoms with Gasteiger partial charge in [-0.25, -0.2) is 4.79 Å². The zero-order valence-electron chi connectivity index (χ0n) is 5.30. The number of nitrogens with one attached hydrogen (secondary N) is 1. The largest absolute Gasteiger partial charge is 0.330 e. The van der Waals surface area contributed by atoms with Crippen LogP contribution in [0.1, 0.15) is 12.1 Å². The van der Waals surface area contributed by atoms with E-state index in [4.69, 9.17) is 11.6 Å². The number of hydrogen-bond acceptors (Lipinski definition) is 2. The third-order valence-electron chi connectivity index (χ3n) is 1.22. The summed E-state index contributed by atoms with van der Waals surface area (Å²) in [6, 6.07) is 0. The average molecular weight is 128 g/mol. The van der Waals surface area contributed by atoms with Crippen LogP contribution in [0.2, 0.25) is 0 Å². The number of aromatic nitrogens is 2. The van der Waals surface area contributed by atoms with Crippen molar-refractivity contribution in [1.82, 2.24) is 9.89 Å². The molecular formula is C5H12N4. The summed E-state index contributed by atoms with van der Waals surface area (Å²) in [7, 11) is 0. The Kier molecular flexibility index (Phi) is 1.79. The Hall–Kier alpha value is -0.900. The normalized spacial score (nSPS) is 10.3. The molecule has 4 nitrogen and oxygen atoms in total. The van der Waals surface area contributed by atoms with Gasteiger partial charge in [-0.05, 0) is 19.4 Å². The predicted octanol–water partition coefficient (Wildman–Crippen LogP) is -0.579. The molecule has 9 heavy (non-hydrogen) atoms. The molecule has 0 atom stereocenters. The minimum atomic E-state index is 0.740. The Morgan fingerprint density at radius 2 is 2.33 bits per heavy atom. The molecule has 0 radical (unpaired) electrons. The van der Waals surface area contributed by atoms with Crippen molar-refractivity contribution in [1.29, 1.82) is 0 Å². The lowest BCUT2D eigenvalue weighted by Crippen LogP contribution is -2.20. The number of hydrogen-bond donors (Lipinski definition) is 3. The van der Waals surface area contributed by atoms with Gasteiger partial charge in [-0.1, -0.05) is 0 Å². The number of nitrogens with zero attached hydrogens (tertiary/aromatic N) is 1. The van der Waals surface area contributed by atoms with Crippen LogP contribution in [0.4, 0.5) is 0 Å². The number of nitrogens with two attached hydrogens (primary N) is 2. The lowest BCUT2D eigenvalue weighted by molar-refractivity contribution is 0.659. The summed E-state index contributed by atoms with van der Waals surface area (Å²) in [4.78, 5) is 1.44. The van der Waals surface area contributed by atoms with Gasteiger partial charge in [0.05, 0.1) is 11.9 Å². The van der Waals surface area contributed by atoms with Crippen LogP contribution in [0, 0.1) is 0 Å². The summed E-state index contributed by atoms with van der Waals surface area (Å²) in [5.41, 5.74) is 6.46. The van der Waals surface area contributed by atoms with Crippen molar-refractivity contribution < 1.29 is 0 Å². The average Bonchev–Trinajstić information content (AvgIpc) is 1.78. The van der Waals surface area contributed by atoms with Crippen LogP contribution in [0.25, 0.3) is 0 Å². The second kappa shape index (κ2) is 2.59. The van der Waals surface area contributed by atoms with E-state index in [0.717, 1.165) is 19.4 Å². The van der Waals surface area contributed by atoms with Gasteiger partial charge >= 0.3 is 0 Å². The van der Waals surface area contributed by atoms with E-state index >= 15 is 0 Å². The first-order valence-corrected chi connectivity index (χ1v) is 3.04. The van der Waals surface area contributed by atoms with Gasteiger partial charge in [-0.2, -0.15) is 0 Å². The molecule has 0 saturated heterocycles. The lowest BCUT2D eigenvalue weighted by Gasteiger charge is -2.09. The maximum Gasteiger partial charge on any atom is 0.0652 e. The molecule has 1 rings (SSSR count). The number of aromatic amines is 1. The highest BCUT2D eigenvalue weighted by molar-refractivity contribution is 4.95. The molecule has 0 aliphatic rings. The van der Waals surface area contributed by atoms with Gasteiger partial charge in [-0.3, -0.25) is 5.10 Å². The Morgan fingerprint density at radius 1 is 1.67 bits per heavy atom. The Morgan fingerprint density at radius 3 is 2.78 bits per heavy atom. The van der Waals surface area contributed by atoms with Crippen LogP contribution < -0.4 is 11.6 Å². The minimum absolute atomic E-state index is 0.740. The van der Waals surface area contributed by atoms with Gasteiger partial charge in [0.15, 0.2) is 0 Å². The summed E-state index contributed by atoms with van der Waals surface area (Å²) >= 11 is 0. The molecule has 0 saturated carbocycles. The van der Waals surface area contributed by atoms with E-state index in [1.54, 1.807) is 0 Å². The highest BCUT2D eigenvalue weighted by Gasteiger charge is 1.95. The molecule has 5 N–H and O–H groups in total. The second-order valence-electron chi connectivity index (χ2n) is 2.07. The molecule has 0 fully saturated rings. The van der Waals surface area contributed by atoms with Crippen molar-refractivity contribution in [2.45, 2.75) is 12.8 Å². The van der Waals surface area contributed by atoms with Crippen LogP contribution in [0.3, 0.4) is 0 Å². The minimum Gasteiger partial charge on any atom is -0.330 e. The zero-order valence-corrected chi connectivity index (χ0v) is 5.30. The first-order valence-electron chi connectivity index (χ1n) is 3.04. The van der Waals surface area contributed by atoms with E-state index in [0.29, 0.717) is 0 Å². The SMILES string of the molecule is NCCCc1cn(N)[nH]1. The summed E-state index contributed by atoms with van der Waals surface area (Å²) in [5.74, 6) is 5.26. The van der Waals surface area contributed by atoms with Gasteiger partial charge in [0.25, 0.3) is 0 Å². The first kappa shape index (κ1) is 6.22. The highest BCUT2D eigenvalue weighted by Crippen LogP contribution is 1.96. The number of nitrogen functional groups attached to an aromatic ring is 1. The van der Waals surface area contributed by atoms with Gasteiger partial charge < -0.3 is 11.6 Å². The number of H-pyrrole nitrogens is 1. The molecule has 0 amide bonds. The van der Waals surface area contributed by atoms with Crippen molar-refractivity contribution in [3.63, 3.8) is 0 Å². The molecule has 1 heterocycles. The van der Waals surface area contributed by atoms with E-state index in [1.807, 2.05) is 6.20 Å². The molecule has 0 aromatic carbocycles. The molecule has 4 heteroatoms. The van der Waals surface area contributed by atoms with E-state index in [9.17, 15) is 0 Å². The van der Waals surface area contributed by atoms with Crippen molar-refractivity contribution >= 4 is 0 Å². The van der Waals surface area contributed by atoms with E-state index in [2.05, 4.69) is 5.10 Å². The standard InChI is InChI=1S/C5H12N4/c6-3-1-2-5-4-9(7)8-5/h4,8H,1-3,6-7H2. The van der Waals surface area contributed by atoms with Gasteiger partial charge in [-0.15, -0.1) is 0 Å². The van der Waals surface area contributed by atoms with Crippen molar-refractivity contribution in [3.05, 3.63) is 11.9 Å². The quantitative estimate of drug-likeness (QED) is 0.476. The number of aryl methyl sites for hydroxylation is 1. The lowest BCUT2D eigenvalue weighted by atomic mass is 10.2. The highest BCUT2D eigenvalue weighted by atomic mass is 15.5. The second-order valence-corrected chi connectivity index (χ2v) is 2.07. The third kappa shape index (κ3) is 1.50. The smallest absolute Gasteiger partial charge is 0.0652 e. The maximum atomic E-state index is 5.29. The Labute approximate surface area is 53.8 Å². The van der Waals surface area contributed by atoms with Crippen LogP contribution >= 0.6 is 0 Å². The molecule has 0 bridgehead atoms. The fraction of sp³-hybridized carbons (Fsp3) is 0.600. The molecule has 1 aromatic rings. The molecular weight excluding hydrogens is 116 g/mol. The van der Waals surface area contributed by atoms with Crippen LogP contribution in [-0.2, 0) is 6.42 Å². The zero-order chi connectivity index (χ0) is 6.69. The third-order valence-corrected chi connectivity index (χ3v) is 1.22. The fourth-order valence-electron chi connectivity index (χ4n) is 0.742. The summed E-state index contributed by atoms with van der Waals surface area (Å²) in [5, 5.41) is 2.89. The number of rotatable bonds is 3. The topological polar surface area (TPSA) is 72.8 Å². The molecule has 0 aliphatic heterocycles. The van der Waals surface area contributed by atoms with Crippen LogP contribution in [-0.4, -0.2) is 16.4 Å². The van der Waals surface area contributed by atoms with Gasteiger partial charge in [0.1, 0.15) is 0 Å². The van der Waals surface area contributed by atoms with Crippen molar-refractivity contribution in [2.75, 3.05) is 12.4 Å². The molecule has 1 aromatic heterocycles. The summed E-state index contributed by atoms with van der Waals surface area (Å²) in [6.07, 6.45) is 3.88. The van der Waals surface area contributed by atoms with Gasteiger partial charge in [0.2, 0.25) is 0 Å². The van der Waals surface area contributed by atoms with Crippen molar-refractivity contribution in [2.24, 2.45) is 5.73 Å². The summed E-state index contributed by atoms with van der Waals surface area (Å²) < 4.78 is 0. The molecule has 0 aliphatic carbocycles. The first-order chi connectivity index (χ1) is 4.33. The predicted molar refractivity (Wildman–Crippen MR) is 36.3 cm³/mol. The Balaban J connectivity index is 2.19. The molecule has 0 unspecified atom stereocenters. The molecule has 52 valence electrons. The van der Waals surface area contributed by atoms with Crippen LogP contribution in [0.5, 0.6) is 0 Å². The summed E-state index contributed by atoms with van der Waals surface area (Å²) in [6.45, 7) is 0.740. The van der Waals surface area contributed by atoms with Crippen molar-refractivity contribution in [3.8, 4) is 0 Å². The fourth-order valence-corrected chi connectivity index (χ4v) is 0.742. The van der Waals surface area contributed by atoms with E-state index in [1.165, 1.54) is 10.5 Å². The Bertz CT molecular complexity index is 152. The van der Waals surface area contributed by atoms with Gasteiger partial charge in [0, 0.05) is 0 Å². The van der Waals surface area contributed by atoms with E-state index in [-0.39, 0.29) is 0 Å².